The third kappa shape index (κ3) is 3.77. The van der Waals surface area contributed by atoms with Crippen LogP contribution in [0.4, 0.5) is 0 Å². The lowest BCUT2D eigenvalue weighted by Gasteiger charge is -2.31. The van der Waals surface area contributed by atoms with Crippen molar-refractivity contribution in [2.24, 2.45) is 5.92 Å². The van der Waals surface area contributed by atoms with Gasteiger partial charge in [-0.15, -0.1) is 11.3 Å². The van der Waals surface area contributed by atoms with Crippen LogP contribution in [-0.4, -0.2) is 34.6 Å². The summed E-state index contributed by atoms with van der Waals surface area (Å²) in [6.07, 6.45) is 6.14. The Morgan fingerprint density at radius 2 is 2.20 bits per heavy atom. The molecule has 3 heterocycles. The molecule has 0 unspecified atom stereocenters. The molecule has 0 aliphatic carbocycles. The normalized spacial score (nSPS) is 17.2. The van der Waals surface area contributed by atoms with Crippen LogP contribution in [-0.2, 0) is 6.54 Å². The Morgan fingerprint density at radius 3 is 2.90 bits per heavy atom. The van der Waals surface area contributed by atoms with Crippen LogP contribution in [0.5, 0.6) is 5.88 Å². The maximum Gasteiger partial charge on any atom is 0.213 e. The number of thiazole rings is 1. The molecule has 2 aromatic heterocycles. The first-order valence-corrected chi connectivity index (χ1v) is 7.91. The number of rotatable bonds is 5. The van der Waals surface area contributed by atoms with Crippen LogP contribution in [0, 0.1) is 5.92 Å². The standard InChI is InChI=1S/C15H19N3OS/c1-2-6-17-15(3-1)19-11-13-4-7-18(8-5-13)10-14-9-16-12-20-14/h1-3,6,9,12-13H,4-5,7-8,10-11H2. The highest BCUT2D eigenvalue weighted by atomic mass is 32.1. The van der Waals surface area contributed by atoms with Gasteiger partial charge in [-0.25, -0.2) is 4.98 Å². The van der Waals surface area contributed by atoms with Crippen LogP contribution in [0.15, 0.2) is 36.1 Å². The zero-order valence-electron chi connectivity index (χ0n) is 11.4. The summed E-state index contributed by atoms with van der Waals surface area (Å²) in [7, 11) is 0. The number of hydrogen-bond acceptors (Lipinski definition) is 5. The minimum Gasteiger partial charge on any atom is -0.477 e. The molecule has 0 bridgehead atoms. The van der Waals surface area contributed by atoms with Gasteiger partial charge < -0.3 is 4.74 Å². The van der Waals surface area contributed by atoms with Gasteiger partial charge in [0.1, 0.15) is 0 Å². The Balaban J connectivity index is 1.40. The van der Waals surface area contributed by atoms with E-state index in [4.69, 9.17) is 4.74 Å². The zero-order valence-corrected chi connectivity index (χ0v) is 12.3. The second-order valence-corrected chi connectivity index (χ2v) is 6.14. The van der Waals surface area contributed by atoms with Crippen LogP contribution in [0.1, 0.15) is 17.7 Å². The SMILES string of the molecule is c1ccc(OCC2CCN(Cc3cncs3)CC2)nc1. The summed E-state index contributed by atoms with van der Waals surface area (Å²) in [5, 5.41) is 0. The van der Waals surface area contributed by atoms with Gasteiger partial charge in [0.15, 0.2) is 0 Å². The topological polar surface area (TPSA) is 38.2 Å². The predicted octanol–water partition coefficient (Wildman–Crippen LogP) is 2.83. The summed E-state index contributed by atoms with van der Waals surface area (Å²) in [4.78, 5) is 12.2. The third-order valence-electron chi connectivity index (χ3n) is 3.67. The molecule has 1 aliphatic rings. The Bertz CT molecular complexity index is 495. The average molecular weight is 289 g/mol. The quantitative estimate of drug-likeness (QED) is 0.848. The van der Waals surface area contributed by atoms with Gasteiger partial charge in [-0.3, -0.25) is 9.88 Å². The van der Waals surface area contributed by atoms with Gasteiger partial charge in [0.05, 0.1) is 12.1 Å². The minimum atomic E-state index is 0.648. The molecule has 3 rings (SSSR count). The van der Waals surface area contributed by atoms with Crippen LogP contribution < -0.4 is 4.74 Å². The first-order chi connectivity index (χ1) is 9.90. The van der Waals surface area contributed by atoms with E-state index in [0.29, 0.717) is 5.92 Å². The van der Waals surface area contributed by atoms with E-state index in [2.05, 4.69) is 14.9 Å². The zero-order chi connectivity index (χ0) is 13.6. The first kappa shape index (κ1) is 13.5. The summed E-state index contributed by atoms with van der Waals surface area (Å²) in [6, 6.07) is 5.78. The number of nitrogens with zero attached hydrogens (tertiary/aromatic N) is 3. The lowest BCUT2D eigenvalue weighted by atomic mass is 9.98. The van der Waals surface area contributed by atoms with E-state index in [-0.39, 0.29) is 0 Å². The van der Waals surface area contributed by atoms with Crippen LogP contribution in [0.2, 0.25) is 0 Å². The smallest absolute Gasteiger partial charge is 0.213 e. The van der Waals surface area contributed by atoms with Crippen LogP contribution >= 0.6 is 11.3 Å². The Labute approximate surface area is 123 Å². The van der Waals surface area contributed by atoms with E-state index in [1.54, 1.807) is 17.5 Å². The molecule has 1 aliphatic heterocycles. The molecule has 0 N–H and O–H groups in total. The number of hydrogen-bond donors (Lipinski definition) is 0. The van der Waals surface area contributed by atoms with Gasteiger partial charge in [0.2, 0.25) is 5.88 Å². The number of ether oxygens (including phenoxy) is 1. The summed E-state index contributed by atoms with van der Waals surface area (Å²) >= 11 is 1.74. The van der Waals surface area contributed by atoms with Gasteiger partial charge in [-0.2, -0.15) is 0 Å². The van der Waals surface area contributed by atoms with Crippen LogP contribution in [0.25, 0.3) is 0 Å². The number of pyridine rings is 1. The van der Waals surface area contributed by atoms with Gasteiger partial charge >= 0.3 is 0 Å². The van der Waals surface area contributed by atoms with E-state index < -0.39 is 0 Å². The number of likely N-dealkylation sites (tertiary alicyclic amines) is 1. The molecule has 0 saturated carbocycles. The molecule has 2 aromatic rings. The van der Waals surface area contributed by atoms with Gasteiger partial charge in [-0.1, -0.05) is 6.07 Å². The van der Waals surface area contributed by atoms with Gasteiger partial charge in [0.25, 0.3) is 0 Å². The fourth-order valence-corrected chi connectivity index (χ4v) is 3.12. The van der Waals surface area contributed by atoms with Crippen molar-refractivity contribution in [3.05, 3.63) is 41.0 Å². The Hall–Kier alpha value is -1.46. The molecule has 5 heteroatoms. The van der Waals surface area contributed by atoms with Crippen molar-refractivity contribution in [2.75, 3.05) is 19.7 Å². The van der Waals surface area contributed by atoms with E-state index in [1.807, 2.05) is 29.9 Å². The van der Waals surface area contributed by atoms with Gasteiger partial charge in [-0.05, 0) is 37.9 Å². The second kappa shape index (κ2) is 6.81. The highest BCUT2D eigenvalue weighted by Crippen LogP contribution is 2.20. The van der Waals surface area contributed by atoms with Crippen molar-refractivity contribution in [2.45, 2.75) is 19.4 Å². The maximum atomic E-state index is 5.75. The van der Waals surface area contributed by atoms with Crippen molar-refractivity contribution in [1.29, 1.82) is 0 Å². The van der Waals surface area contributed by atoms with Crippen LogP contribution in [0.3, 0.4) is 0 Å². The number of aromatic nitrogens is 2. The lowest BCUT2D eigenvalue weighted by Crippen LogP contribution is -2.34. The largest absolute Gasteiger partial charge is 0.477 e. The molecule has 0 spiro atoms. The van der Waals surface area contributed by atoms with Crippen molar-refractivity contribution >= 4 is 11.3 Å². The molecule has 4 nitrogen and oxygen atoms in total. The molecular weight excluding hydrogens is 270 g/mol. The van der Waals surface area contributed by atoms with Crippen molar-refractivity contribution < 1.29 is 4.74 Å². The van der Waals surface area contributed by atoms with E-state index in [0.717, 1.165) is 32.1 Å². The molecule has 0 atom stereocenters. The monoisotopic (exact) mass is 289 g/mol. The van der Waals surface area contributed by atoms with E-state index in [9.17, 15) is 0 Å². The summed E-state index contributed by atoms with van der Waals surface area (Å²) in [5.41, 5.74) is 1.91. The second-order valence-electron chi connectivity index (χ2n) is 5.17. The molecular formula is C15H19N3OS. The summed E-state index contributed by atoms with van der Waals surface area (Å²) < 4.78 is 5.75. The Morgan fingerprint density at radius 1 is 1.30 bits per heavy atom. The van der Waals surface area contributed by atoms with Gasteiger partial charge in [0, 0.05) is 29.9 Å². The molecule has 20 heavy (non-hydrogen) atoms. The first-order valence-electron chi connectivity index (χ1n) is 7.04. The maximum absolute atomic E-state index is 5.75. The molecule has 0 amide bonds. The minimum absolute atomic E-state index is 0.648. The average Bonchev–Trinajstić information content (AvgIpc) is 3.01. The summed E-state index contributed by atoms with van der Waals surface area (Å²) in [5.74, 6) is 1.38. The van der Waals surface area contributed by atoms with Crippen molar-refractivity contribution in [3.63, 3.8) is 0 Å². The molecule has 1 saturated heterocycles. The Kier molecular flexibility index (Phi) is 4.61. The predicted molar refractivity (Wildman–Crippen MR) is 79.8 cm³/mol. The molecule has 106 valence electrons. The lowest BCUT2D eigenvalue weighted by molar-refractivity contribution is 0.135. The highest BCUT2D eigenvalue weighted by molar-refractivity contribution is 7.09. The third-order valence-corrected chi connectivity index (χ3v) is 4.44. The molecule has 0 aromatic carbocycles. The van der Waals surface area contributed by atoms with Crippen molar-refractivity contribution in [1.82, 2.24) is 14.9 Å². The van der Waals surface area contributed by atoms with E-state index >= 15 is 0 Å². The van der Waals surface area contributed by atoms with E-state index in [1.165, 1.54) is 17.7 Å². The number of piperidine rings is 1. The fourth-order valence-electron chi connectivity index (χ4n) is 2.49. The molecule has 1 fully saturated rings. The summed E-state index contributed by atoms with van der Waals surface area (Å²) in [6.45, 7) is 4.12. The highest BCUT2D eigenvalue weighted by Gasteiger charge is 2.20. The molecule has 0 radical (unpaired) electrons. The fraction of sp³-hybridized carbons (Fsp3) is 0.467. The van der Waals surface area contributed by atoms with Crippen molar-refractivity contribution in [3.8, 4) is 5.88 Å².